The first-order chi connectivity index (χ1) is 9.38. The van der Waals surface area contributed by atoms with Gasteiger partial charge in [-0.3, -0.25) is 4.79 Å². The molecule has 0 aromatic heterocycles. The molecule has 20 heavy (non-hydrogen) atoms. The third-order valence-electron chi connectivity index (χ3n) is 2.30. The van der Waals surface area contributed by atoms with Gasteiger partial charge in [0.1, 0.15) is 10.7 Å². The van der Waals surface area contributed by atoms with Crippen molar-refractivity contribution in [3.05, 3.63) is 29.6 Å². The van der Waals surface area contributed by atoms with Crippen LogP contribution in [0, 0.1) is 5.82 Å². The molecule has 1 aliphatic rings. The van der Waals surface area contributed by atoms with Gasteiger partial charge in [-0.2, -0.15) is 5.10 Å². The minimum absolute atomic E-state index is 0.103. The van der Waals surface area contributed by atoms with Crippen molar-refractivity contribution in [3.63, 3.8) is 0 Å². The van der Waals surface area contributed by atoms with Crippen molar-refractivity contribution in [1.29, 1.82) is 0 Å². The molecule has 1 saturated heterocycles. The van der Waals surface area contributed by atoms with E-state index in [0.717, 1.165) is 18.5 Å². The number of amidine groups is 1. The van der Waals surface area contributed by atoms with E-state index < -0.39 is 20.5 Å². The molecule has 1 N–H and O–H groups in total. The molecule has 1 heterocycles. The number of benzene rings is 1. The SMILES string of the molecule is CS(=O)(=O)c1c(F)cccc1C=NN=C1NC(=O)CS1. The Morgan fingerprint density at radius 1 is 1.45 bits per heavy atom. The minimum Gasteiger partial charge on any atom is -0.303 e. The normalized spacial score (nSPS) is 17.9. The smallest absolute Gasteiger partial charge is 0.236 e. The summed E-state index contributed by atoms with van der Waals surface area (Å²) >= 11 is 1.18. The van der Waals surface area contributed by atoms with Crippen LogP contribution >= 0.6 is 11.8 Å². The van der Waals surface area contributed by atoms with Gasteiger partial charge < -0.3 is 5.32 Å². The molecule has 1 aromatic rings. The first-order valence-electron chi connectivity index (χ1n) is 5.40. The molecule has 0 unspecified atom stereocenters. The lowest BCUT2D eigenvalue weighted by atomic mass is 10.2. The lowest BCUT2D eigenvalue weighted by Gasteiger charge is -2.03. The quantitative estimate of drug-likeness (QED) is 0.659. The van der Waals surface area contributed by atoms with Gasteiger partial charge in [-0.25, -0.2) is 12.8 Å². The minimum atomic E-state index is -3.71. The lowest BCUT2D eigenvalue weighted by Crippen LogP contribution is -2.19. The fourth-order valence-corrected chi connectivity index (χ4v) is 3.14. The number of hydrogen-bond acceptors (Lipinski definition) is 6. The van der Waals surface area contributed by atoms with E-state index >= 15 is 0 Å². The van der Waals surface area contributed by atoms with Crippen molar-refractivity contribution in [1.82, 2.24) is 5.32 Å². The summed E-state index contributed by atoms with van der Waals surface area (Å²) in [7, 11) is -3.71. The van der Waals surface area contributed by atoms with Crippen LogP contribution in [-0.4, -0.2) is 37.7 Å². The van der Waals surface area contributed by atoms with E-state index in [1.807, 2.05) is 0 Å². The van der Waals surface area contributed by atoms with Gasteiger partial charge in [0.2, 0.25) is 5.91 Å². The van der Waals surface area contributed by atoms with Crippen molar-refractivity contribution in [3.8, 4) is 0 Å². The highest BCUT2D eigenvalue weighted by atomic mass is 32.2. The first kappa shape index (κ1) is 14.7. The predicted molar refractivity (Wildman–Crippen MR) is 75.1 cm³/mol. The number of amides is 1. The number of rotatable bonds is 3. The fourth-order valence-electron chi connectivity index (χ4n) is 1.54. The number of thioether (sulfide) groups is 1. The Labute approximate surface area is 119 Å². The Morgan fingerprint density at radius 2 is 2.20 bits per heavy atom. The number of carbonyl (C=O) groups excluding carboxylic acids is 1. The zero-order valence-corrected chi connectivity index (χ0v) is 12.0. The van der Waals surface area contributed by atoms with Crippen LogP contribution in [-0.2, 0) is 14.6 Å². The maximum Gasteiger partial charge on any atom is 0.236 e. The summed E-state index contributed by atoms with van der Waals surface area (Å²) < 4.78 is 36.7. The molecule has 106 valence electrons. The van der Waals surface area contributed by atoms with Crippen LogP contribution in [0.1, 0.15) is 5.56 Å². The molecule has 2 rings (SSSR count). The summed E-state index contributed by atoms with van der Waals surface area (Å²) in [6.07, 6.45) is 2.05. The molecular formula is C11H10FN3O3S2. The Morgan fingerprint density at radius 3 is 2.80 bits per heavy atom. The van der Waals surface area contributed by atoms with E-state index in [9.17, 15) is 17.6 Å². The standard InChI is InChI=1S/C11H10FN3O3S2/c1-20(17,18)10-7(3-2-4-8(10)12)5-13-15-11-14-9(16)6-19-11/h2-5H,6H2,1H3,(H,14,15,16). The zero-order chi connectivity index (χ0) is 14.8. The van der Waals surface area contributed by atoms with Crippen LogP contribution in [0.5, 0.6) is 0 Å². The Bertz CT molecular complexity index is 714. The molecule has 9 heteroatoms. The number of halogens is 1. The Balaban J connectivity index is 2.31. The van der Waals surface area contributed by atoms with Crippen molar-refractivity contribution in [2.24, 2.45) is 10.2 Å². The van der Waals surface area contributed by atoms with Gasteiger partial charge in [0, 0.05) is 11.8 Å². The van der Waals surface area contributed by atoms with E-state index in [0.29, 0.717) is 5.17 Å². The van der Waals surface area contributed by atoms with Crippen molar-refractivity contribution >= 4 is 38.9 Å². The molecule has 0 saturated carbocycles. The highest BCUT2D eigenvalue weighted by Crippen LogP contribution is 2.18. The average molecular weight is 315 g/mol. The van der Waals surface area contributed by atoms with Gasteiger partial charge >= 0.3 is 0 Å². The maximum absolute atomic E-state index is 13.6. The lowest BCUT2D eigenvalue weighted by molar-refractivity contribution is -0.116. The highest BCUT2D eigenvalue weighted by molar-refractivity contribution is 8.15. The summed E-state index contributed by atoms with van der Waals surface area (Å²) in [4.78, 5) is 10.5. The second-order valence-electron chi connectivity index (χ2n) is 3.92. The fraction of sp³-hybridized carbons (Fsp3) is 0.182. The molecule has 1 fully saturated rings. The van der Waals surface area contributed by atoms with Crippen LogP contribution in [0.3, 0.4) is 0 Å². The van der Waals surface area contributed by atoms with E-state index in [1.54, 1.807) is 0 Å². The van der Waals surface area contributed by atoms with Crippen molar-refractivity contribution < 1.29 is 17.6 Å². The number of carbonyl (C=O) groups is 1. The summed E-state index contributed by atoms with van der Waals surface area (Å²) in [5.41, 5.74) is 0.103. The van der Waals surface area contributed by atoms with Crippen LogP contribution in [0.25, 0.3) is 0 Å². The molecule has 1 amide bonds. The van der Waals surface area contributed by atoms with E-state index in [-0.39, 0.29) is 17.2 Å². The van der Waals surface area contributed by atoms with Crippen LogP contribution in [0.2, 0.25) is 0 Å². The average Bonchev–Trinajstić information content (AvgIpc) is 2.73. The summed E-state index contributed by atoms with van der Waals surface area (Å²) in [6.45, 7) is 0. The molecule has 6 nitrogen and oxygen atoms in total. The van der Waals surface area contributed by atoms with Crippen LogP contribution in [0.15, 0.2) is 33.3 Å². The summed E-state index contributed by atoms with van der Waals surface area (Å²) in [6, 6.07) is 3.86. The number of hydrogen-bond donors (Lipinski definition) is 1. The van der Waals surface area contributed by atoms with Gasteiger partial charge in [0.05, 0.1) is 12.0 Å². The maximum atomic E-state index is 13.6. The first-order valence-corrected chi connectivity index (χ1v) is 8.28. The molecule has 1 aromatic carbocycles. The number of nitrogens with one attached hydrogen (secondary N) is 1. The molecule has 0 radical (unpaired) electrons. The summed E-state index contributed by atoms with van der Waals surface area (Å²) in [5.74, 6) is -0.748. The van der Waals surface area contributed by atoms with Gasteiger partial charge in [0.25, 0.3) is 0 Å². The zero-order valence-electron chi connectivity index (χ0n) is 10.3. The second kappa shape index (κ2) is 5.71. The Kier molecular flexibility index (Phi) is 4.19. The van der Waals surface area contributed by atoms with Gasteiger partial charge in [-0.05, 0) is 6.07 Å². The molecule has 1 aliphatic heterocycles. The highest BCUT2D eigenvalue weighted by Gasteiger charge is 2.18. The predicted octanol–water partition coefficient (Wildman–Crippen LogP) is 0.782. The monoisotopic (exact) mass is 315 g/mol. The number of sulfone groups is 1. The molecule has 0 aliphatic carbocycles. The second-order valence-corrected chi connectivity index (χ2v) is 6.83. The largest absolute Gasteiger partial charge is 0.303 e. The Hall–Kier alpha value is -1.74. The van der Waals surface area contributed by atoms with Gasteiger partial charge in [-0.1, -0.05) is 23.9 Å². The topological polar surface area (TPSA) is 88.0 Å². The van der Waals surface area contributed by atoms with E-state index in [1.165, 1.54) is 23.9 Å². The summed E-state index contributed by atoms with van der Waals surface area (Å²) in [5, 5.41) is 10.2. The van der Waals surface area contributed by atoms with Gasteiger partial charge in [0.15, 0.2) is 15.0 Å². The molecule has 0 atom stereocenters. The molecular weight excluding hydrogens is 305 g/mol. The van der Waals surface area contributed by atoms with Crippen molar-refractivity contribution in [2.75, 3.05) is 12.0 Å². The van der Waals surface area contributed by atoms with Crippen LogP contribution < -0.4 is 5.32 Å². The third kappa shape index (κ3) is 3.42. The third-order valence-corrected chi connectivity index (χ3v) is 4.34. The molecule has 0 bridgehead atoms. The van der Waals surface area contributed by atoms with E-state index in [4.69, 9.17) is 0 Å². The van der Waals surface area contributed by atoms with E-state index in [2.05, 4.69) is 15.5 Å². The van der Waals surface area contributed by atoms with Crippen molar-refractivity contribution in [2.45, 2.75) is 4.90 Å². The van der Waals surface area contributed by atoms with Crippen LogP contribution in [0.4, 0.5) is 4.39 Å². The molecule has 0 spiro atoms. The number of nitrogens with zero attached hydrogens (tertiary/aromatic N) is 2. The van der Waals surface area contributed by atoms with Gasteiger partial charge in [-0.15, -0.1) is 5.10 Å².